The van der Waals surface area contributed by atoms with Gasteiger partial charge in [-0.05, 0) is 82.3 Å². The minimum Gasteiger partial charge on any atom is -0.492 e. The first-order valence-electron chi connectivity index (χ1n) is 12.7. The Morgan fingerprint density at radius 3 is 2.46 bits per heavy atom. The van der Waals surface area contributed by atoms with Gasteiger partial charge in [-0.15, -0.1) is 6.58 Å². The number of carbonyl (C=O) groups is 1. The molecule has 2 aromatic rings. The van der Waals surface area contributed by atoms with Crippen LogP contribution in [-0.2, 0) is 4.74 Å². The third-order valence-corrected chi connectivity index (χ3v) is 6.68. The fourth-order valence-electron chi connectivity index (χ4n) is 4.56. The molecule has 0 N–H and O–H groups in total. The number of hydrogen-bond donors (Lipinski definition) is 0. The molecule has 2 atom stereocenters. The first-order chi connectivity index (χ1) is 17.6. The highest BCUT2D eigenvalue weighted by atomic mass is 19.3. The van der Waals surface area contributed by atoms with Crippen molar-refractivity contribution >= 4 is 11.8 Å². The fourth-order valence-corrected chi connectivity index (χ4v) is 4.56. The van der Waals surface area contributed by atoms with Crippen LogP contribution in [0.25, 0.3) is 0 Å². The summed E-state index contributed by atoms with van der Waals surface area (Å²) in [6.45, 7) is 13.7. The molecule has 1 heterocycles. The number of rotatable bonds is 4. The zero-order valence-electron chi connectivity index (χ0n) is 22.5. The number of nitrogens with zero attached hydrogens (tertiary/aromatic N) is 2. The molecule has 7 heteroatoms. The average Bonchev–Trinajstić information content (AvgIpc) is 3.19. The number of carbonyl (C=O) groups excluding carboxylic acids is 1. The smallest absolute Gasteiger partial charge is 0.415 e. The highest BCUT2D eigenvalue weighted by molar-refractivity contribution is 5.92. The van der Waals surface area contributed by atoms with Gasteiger partial charge in [-0.2, -0.15) is 5.26 Å². The monoisotopic (exact) mass is 512 g/mol. The quantitative estimate of drug-likeness (QED) is 0.390. The summed E-state index contributed by atoms with van der Waals surface area (Å²) in [5, 5.41) is 8.50. The molecular weight excluding hydrogens is 474 g/mol. The van der Waals surface area contributed by atoms with Gasteiger partial charge >= 0.3 is 6.09 Å². The lowest BCUT2D eigenvalue weighted by molar-refractivity contribution is -0.136. The molecule has 1 saturated heterocycles. The highest BCUT2D eigenvalue weighted by Gasteiger charge is 2.56. The van der Waals surface area contributed by atoms with Gasteiger partial charge in [-0.25, -0.2) is 13.6 Å². The van der Waals surface area contributed by atoms with E-state index in [1.165, 1.54) is 16.0 Å². The van der Waals surface area contributed by atoms with E-state index in [1.807, 2.05) is 58.0 Å². The minimum atomic E-state index is -2.68. The topological polar surface area (TPSA) is 62.6 Å². The Labute approximate surface area is 219 Å². The molecule has 2 unspecified atom stereocenters. The van der Waals surface area contributed by atoms with Crippen LogP contribution in [0.3, 0.4) is 0 Å². The van der Waals surface area contributed by atoms with Crippen molar-refractivity contribution in [3.05, 3.63) is 71.8 Å². The van der Waals surface area contributed by atoms with Crippen molar-refractivity contribution in [2.45, 2.75) is 71.8 Å². The molecule has 2 aromatic carbocycles. The number of benzene rings is 2. The third-order valence-electron chi connectivity index (χ3n) is 6.68. The van der Waals surface area contributed by atoms with E-state index in [1.54, 1.807) is 25.1 Å². The number of aryl methyl sites for hydroxylation is 2. The van der Waals surface area contributed by atoms with Crippen LogP contribution in [0.15, 0.2) is 55.1 Å². The Morgan fingerprint density at radius 2 is 1.86 bits per heavy atom. The van der Waals surface area contributed by atoms with Crippen LogP contribution in [0.4, 0.5) is 19.3 Å². The van der Waals surface area contributed by atoms with Gasteiger partial charge in [0.1, 0.15) is 11.4 Å². The molecule has 4 rings (SSSR count). The first-order valence-corrected chi connectivity index (χ1v) is 12.7. The molecule has 0 bridgehead atoms. The lowest BCUT2D eigenvalue weighted by atomic mass is 9.74. The maximum absolute atomic E-state index is 14.0. The lowest BCUT2D eigenvalue weighted by Gasteiger charge is -2.40. The maximum atomic E-state index is 14.0. The Bertz CT molecular complexity index is 1110. The van der Waals surface area contributed by atoms with Crippen molar-refractivity contribution in [2.75, 3.05) is 18.1 Å². The van der Waals surface area contributed by atoms with E-state index < -0.39 is 23.5 Å². The number of anilines is 1. The largest absolute Gasteiger partial charge is 0.492 e. The summed E-state index contributed by atoms with van der Waals surface area (Å²) in [5.41, 5.74) is 2.96. The summed E-state index contributed by atoms with van der Waals surface area (Å²) in [6, 6.07) is 15.0. The fraction of sp³-hybridized carbons (Fsp3) is 0.467. The van der Waals surface area contributed by atoms with Gasteiger partial charge in [0.2, 0.25) is 0 Å². The molecule has 1 aliphatic carbocycles. The molecule has 200 valence electrons. The molecule has 2 fully saturated rings. The van der Waals surface area contributed by atoms with Crippen molar-refractivity contribution in [1.82, 2.24) is 0 Å². The number of alkyl halides is 2. The molecule has 0 radical (unpaired) electrons. The maximum Gasteiger partial charge on any atom is 0.415 e. The van der Waals surface area contributed by atoms with E-state index in [2.05, 4.69) is 12.6 Å². The van der Waals surface area contributed by atoms with Crippen LogP contribution in [0, 0.1) is 31.1 Å². The van der Waals surface area contributed by atoms with Crippen molar-refractivity contribution < 1.29 is 23.0 Å². The third kappa shape index (κ3) is 7.55. The van der Waals surface area contributed by atoms with Crippen molar-refractivity contribution in [3.63, 3.8) is 0 Å². The standard InChI is InChI=1S/C18H23F2NO3.C9H9N.C3H6/c1-3-13-11-17(9-10-18(13,19)20)12-21(16(22)24-17)14-7-5-6-8-15(14)23-4-2;1-7-3-4-9(6-10)5-8(7)2;1-3-2/h5-8,13H,3-4,9-12H2,1-2H3;3-5H,1-2H3;3H,1H2,2H3. The number of para-hydroxylation sites is 2. The number of halogens is 2. The number of nitriles is 1. The minimum absolute atomic E-state index is 0.190. The molecule has 1 spiro atoms. The van der Waals surface area contributed by atoms with Crippen molar-refractivity contribution in [3.8, 4) is 11.8 Å². The second-order valence-electron chi connectivity index (χ2n) is 9.43. The van der Waals surface area contributed by atoms with Crippen LogP contribution in [-0.4, -0.2) is 30.8 Å². The van der Waals surface area contributed by atoms with Gasteiger partial charge in [0.05, 0.1) is 30.5 Å². The van der Waals surface area contributed by atoms with E-state index in [0.717, 1.165) is 5.56 Å². The van der Waals surface area contributed by atoms with Gasteiger partial charge in [0.15, 0.2) is 0 Å². The van der Waals surface area contributed by atoms with Gasteiger partial charge in [-0.1, -0.05) is 31.2 Å². The lowest BCUT2D eigenvalue weighted by Crippen LogP contribution is -2.47. The summed E-state index contributed by atoms with van der Waals surface area (Å²) in [7, 11) is 0. The Kier molecular flexibility index (Phi) is 10.7. The van der Waals surface area contributed by atoms with Crippen LogP contribution in [0.1, 0.15) is 63.1 Å². The van der Waals surface area contributed by atoms with E-state index in [4.69, 9.17) is 14.7 Å². The molecule has 1 saturated carbocycles. The Morgan fingerprint density at radius 1 is 1.19 bits per heavy atom. The van der Waals surface area contributed by atoms with Crippen LogP contribution in [0.2, 0.25) is 0 Å². The Balaban J connectivity index is 0.000000308. The van der Waals surface area contributed by atoms with E-state index >= 15 is 0 Å². The van der Waals surface area contributed by atoms with Crippen LogP contribution < -0.4 is 9.64 Å². The second-order valence-corrected chi connectivity index (χ2v) is 9.43. The van der Waals surface area contributed by atoms with Gasteiger partial charge < -0.3 is 9.47 Å². The number of allylic oxidation sites excluding steroid dienone is 1. The van der Waals surface area contributed by atoms with E-state index in [0.29, 0.717) is 31.0 Å². The molecule has 1 amide bonds. The predicted octanol–water partition coefficient (Wildman–Crippen LogP) is 7.99. The van der Waals surface area contributed by atoms with Crippen LogP contribution >= 0.6 is 0 Å². The van der Waals surface area contributed by atoms with Gasteiger partial charge in [0, 0.05) is 12.3 Å². The number of ether oxygens (including phenoxy) is 2. The summed E-state index contributed by atoms with van der Waals surface area (Å²) in [5.74, 6) is -2.83. The number of amides is 1. The van der Waals surface area contributed by atoms with Crippen molar-refractivity contribution in [1.29, 1.82) is 5.26 Å². The highest BCUT2D eigenvalue weighted by Crippen LogP contribution is 2.49. The summed E-state index contributed by atoms with van der Waals surface area (Å²) < 4.78 is 39.2. The van der Waals surface area contributed by atoms with Crippen molar-refractivity contribution in [2.24, 2.45) is 5.92 Å². The average molecular weight is 513 g/mol. The molecule has 0 aromatic heterocycles. The zero-order valence-corrected chi connectivity index (χ0v) is 22.5. The molecule has 37 heavy (non-hydrogen) atoms. The molecular formula is C30H38F2N2O3. The van der Waals surface area contributed by atoms with Gasteiger partial charge in [-0.3, -0.25) is 4.90 Å². The predicted molar refractivity (Wildman–Crippen MR) is 143 cm³/mol. The van der Waals surface area contributed by atoms with Crippen LogP contribution in [0.5, 0.6) is 5.75 Å². The normalized spacial score (nSPS) is 21.5. The van der Waals surface area contributed by atoms with E-state index in [9.17, 15) is 13.6 Å². The summed E-state index contributed by atoms with van der Waals surface area (Å²) in [6.07, 6.45) is 1.80. The Hall–Kier alpha value is -3.40. The second kappa shape index (κ2) is 13.2. The molecule has 2 aliphatic rings. The first kappa shape index (κ1) is 29.8. The summed E-state index contributed by atoms with van der Waals surface area (Å²) >= 11 is 0. The number of hydrogen-bond acceptors (Lipinski definition) is 4. The van der Waals surface area contributed by atoms with Gasteiger partial charge in [0.25, 0.3) is 5.92 Å². The molecule has 1 aliphatic heterocycles. The summed E-state index contributed by atoms with van der Waals surface area (Å²) in [4.78, 5) is 13.9. The van der Waals surface area contributed by atoms with E-state index in [-0.39, 0.29) is 19.3 Å². The molecule has 5 nitrogen and oxygen atoms in total. The SMILES string of the molecule is C=CC.CCOc1ccccc1N1CC2(CCC(F)(F)C(CC)C2)OC1=O.Cc1ccc(C#N)cc1C. The zero-order chi connectivity index (χ0) is 27.6.